The van der Waals surface area contributed by atoms with E-state index in [-0.39, 0.29) is 120 Å². The van der Waals surface area contributed by atoms with E-state index in [1.54, 1.807) is 0 Å². The third kappa shape index (κ3) is 25.0. The van der Waals surface area contributed by atoms with Gasteiger partial charge >= 0.3 is 129 Å². The van der Waals surface area contributed by atoms with Crippen LogP contribution in [0, 0.1) is 10.2 Å². The monoisotopic (exact) mass is 225 g/mol. The molecule has 0 aliphatic carbocycles. The van der Waals surface area contributed by atoms with Crippen LogP contribution in [0.1, 0.15) is 0 Å². The van der Waals surface area contributed by atoms with Gasteiger partial charge < -0.3 is 0 Å². The molecule has 1 radical (unpaired) electrons. The van der Waals surface area contributed by atoms with Gasteiger partial charge in [-0.05, 0) is 0 Å². The van der Waals surface area contributed by atoms with E-state index in [2.05, 4.69) is 16.0 Å². The van der Waals surface area contributed by atoms with Crippen molar-refractivity contribution in [1.29, 1.82) is 5.26 Å². The van der Waals surface area contributed by atoms with Crippen LogP contribution in [-0.2, 0) is 33.1 Å². The minimum atomic E-state index is 0. The molecule has 0 aromatic carbocycles. The zero-order valence-electron chi connectivity index (χ0n) is 1.60. The van der Waals surface area contributed by atoms with Crippen LogP contribution in [0.2, 0.25) is 0 Å². The van der Waals surface area contributed by atoms with Crippen LogP contribution in [0.4, 0.5) is 0 Å². The summed E-state index contributed by atoms with van der Waals surface area (Å²) in [6.07, 6.45) is 0. The first-order valence-corrected chi connectivity index (χ1v) is 0.952. The average Bonchev–Trinajstić information content (AvgIpc) is 0.918. The molecule has 0 saturated carbocycles. The normalized spacial score (nSPS) is 1.33. The zero-order valence-corrected chi connectivity index (χ0v) is 3.65. The Kier molecular flexibility index (Phi) is 87.4. The van der Waals surface area contributed by atoms with Crippen LogP contribution < -0.4 is 0 Å². The van der Waals surface area contributed by atoms with Gasteiger partial charge in [-0.1, -0.05) is 0 Å². The molecule has 0 amide bonds. The molecular weight excluding hydrogens is 224 g/mol. The summed E-state index contributed by atoms with van der Waals surface area (Å²) in [5.74, 6) is 0. The summed E-state index contributed by atoms with van der Waals surface area (Å²) in [4.78, 5) is 1.50. The average molecular weight is 226 g/mol. The van der Waals surface area contributed by atoms with Crippen molar-refractivity contribution in [3.05, 3.63) is 0 Å². The van der Waals surface area contributed by atoms with Crippen LogP contribution >= 0.6 is 0 Å². The Morgan fingerprint density at radius 2 is 1.33 bits per heavy atom. The Labute approximate surface area is 142 Å². The number of rotatable bonds is 0. The third-order valence-corrected chi connectivity index (χ3v) is 0. The van der Waals surface area contributed by atoms with Gasteiger partial charge in [0.05, 0.1) is 0 Å². The van der Waals surface area contributed by atoms with Crippen LogP contribution in [0.15, 0.2) is 0 Å². The molecule has 0 rings (SSSR count). The fourth-order valence-corrected chi connectivity index (χ4v) is 0. The number of hydrogen-bond donors (Lipinski definition) is 0. The molecule has 0 aromatic rings. The molecule has 0 atom stereocenters. The Bertz CT molecular complexity index is 35.0. The Balaban J connectivity index is -0.00000000667. The summed E-state index contributed by atoms with van der Waals surface area (Å²) >= 11 is 2.79. The fourth-order valence-electron chi connectivity index (χ4n) is 0. The van der Waals surface area contributed by atoms with Crippen molar-refractivity contribution in [2.75, 3.05) is 0 Å². The molecular formula is CH2CuFeK2N. The second-order valence-corrected chi connectivity index (χ2v) is 0.326. The van der Waals surface area contributed by atoms with E-state index in [1.165, 1.54) is 4.97 Å². The molecule has 0 bridgehead atoms. The molecule has 0 spiro atoms. The number of nitrogens with zero attached hydrogens (tertiary/aromatic N) is 1. The van der Waals surface area contributed by atoms with Gasteiger partial charge in [0, 0.05) is 17.1 Å². The topological polar surface area (TPSA) is 23.8 Å². The van der Waals surface area contributed by atoms with Crippen molar-refractivity contribution in [3.63, 3.8) is 0 Å². The second-order valence-electron chi connectivity index (χ2n) is 0.0791. The molecule has 0 N–H and O–H groups in total. The molecule has 6 heavy (non-hydrogen) atoms. The maximum absolute atomic E-state index is 7.21. The molecule has 0 saturated heterocycles. The van der Waals surface area contributed by atoms with Crippen LogP contribution in [-0.4, -0.2) is 103 Å². The van der Waals surface area contributed by atoms with Gasteiger partial charge in [0.25, 0.3) is 0 Å². The number of hydrogen-bond acceptors (Lipinski definition) is 1. The summed E-state index contributed by atoms with van der Waals surface area (Å²) < 4.78 is 0. The van der Waals surface area contributed by atoms with Crippen molar-refractivity contribution in [2.45, 2.75) is 0 Å². The first-order valence-electron chi connectivity index (χ1n) is 0.400. The van der Waals surface area contributed by atoms with E-state index in [0.29, 0.717) is 0 Å². The van der Waals surface area contributed by atoms with Crippen LogP contribution in [0.25, 0.3) is 0 Å². The number of nitriles is 1. The van der Waals surface area contributed by atoms with Crippen LogP contribution in [0.3, 0.4) is 0 Å². The predicted molar refractivity (Wildman–Crippen MR) is 19.9 cm³/mol. The Morgan fingerprint density at radius 1 is 1.33 bits per heavy atom. The van der Waals surface area contributed by atoms with Gasteiger partial charge in [-0.3, -0.25) is 0 Å². The molecule has 0 aromatic heterocycles. The molecule has 0 heterocycles. The van der Waals surface area contributed by atoms with E-state index in [9.17, 15) is 0 Å². The molecule has 5 heteroatoms. The molecule has 0 unspecified atom stereocenters. The van der Waals surface area contributed by atoms with E-state index >= 15 is 0 Å². The van der Waals surface area contributed by atoms with Crippen molar-refractivity contribution in [3.8, 4) is 4.97 Å². The summed E-state index contributed by atoms with van der Waals surface area (Å²) in [6.45, 7) is 0. The van der Waals surface area contributed by atoms with Gasteiger partial charge in [-0.2, -0.15) is 0 Å². The summed E-state index contributed by atoms with van der Waals surface area (Å²) in [6, 6.07) is 0. The van der Waals surface area contributed by atoms with Gasteiger partial charge in [0.1, 0.15) is 0 Å². The SMILES string of the molecule is N#[C][Fe].[Cu].[KH].[KH]. The quantitative estimate of drug-likeness (QED) is 0.471. The molecule has 1 nitrogen and oxygen atoms in total. The Hall–Kier alpha value is 3.80. The van der Waals surface area contributed by atoms with E-state index < -0.39 is 0 Å². The van der Waals surface area contributed by atoms with Crippen LogP contribution in [0.5, 0.6) is 0 Å². The maximum atomic E-state index is 7.21. The molecule has 0 aliphatic heterocycles. The van der Waals surface area contributed by atoms with Crippen molar-refractivity contribution in [2.24, 2.45) is 0 Å². The van der Waals surface area contributed by atoms with Gasteiger partial charge in [-0.15, -0.1) is 0 Å². The third-order valence-electron chi connectivity index (χ3n) is 0. The van der Waals surface area contributed by atoms with Gasteiger partial charge in [0.2, 0.25) is 0 Å². The Morgan fingerprint density at radius 3 is 1.33 bits per heavy atom. The van der Waals surface area contributed by atoms with E-state index in [0.717, 1.165) is 0 Å². The first-order chi connectivity index (χ1) is 1.41. The van der Waals surface area contributed by atoms with Crippen molar-refractivity contribution in [1.82, 2.24) is 0 Å². The van der Waals surface area contributed by atoms with Crippen molar-refractivity contribution < 1.29 is 33.1 Å². The van der Waals surface area contributed by atoms with Crippen molar-refractivity contribution >= 4 is 103 Å². The van der Waals surface area contributed by atoms with Gasteiger partial charge in [-0.25, -0.2) is 0 Å². The van der Waals surface area contributed by atoms with Gasteiger partial charge in [0.15, 0.2) is 0 Å². The first kappa shape index (κ1) is 22.6. The molecule has 32 valence electrons. The summed E-state index contributed by atoms with van der Waals surface area (Å²) in [5, 5.41) is 7.21. The summed E-state index contributed by atoms with van der Waals surface area (Å²) in [5.41, 5.74) is 0. The fraction of sp³-hybridized carbons (Fsp3) is 0. The zero-order chi connectivity index (χ0) is 2.71. The molecule has 0 fully saturated rings. The molecule has 0 aliphatic rings. The minimum absolute atomic E-state index is 0. The summed E-state index contributed by atoms with van der Waals surface area (Å²) in [7, 11) is 0. The predicted octanol–water partition coefficient (Wildman–Crippen LogP) is -1.29. The standard InChI is InChI=1S/CN.Cu.Fe.2K.2H/c1-2;;;;;;. The van der Waals surface area contributed by atoms with E-state index in [1.807, 2.05) is 0 Å². The van der Waals surface area contributed by atoms with E-state index in [4.69, 9.17) is 5.26 Å². The second kappa shape index (κ2) is 23.2.